The number of fused-ring (bicyclic) bond motifs is 5. The van der Waals surface area contributed by atoms with Crippen molar-refractivity contribution in [2.75, 3.05) is 0 Å². The Morgan fingerprint density at radius 1 is 1.06 bits per heavy atom. The number of carbonyl (C=O) groups excluding carboxylic acids is 2. The molecule has 5 aliphatic rings. The standard InChI is InChI=1S/C30H44O4/c1-17(2)14-18-15-19(26(33)34-18)20-8-9-21-28(20,5)12-10-22-29(6)13-11-24(31)27(3,4)23(29)16-25(32)30(21,22)7/h9,14,18-20,22-23,25,32H,8,10-13,15-16H2,1-7H3/t18?,19-,20-,22+,23-,25-,28-,29+,30-/m0/s1. The van der Waals surface area contributed by atoms with E-state index in [2.05, 4.69) is 60.6 Å². The molecule has 5 rings (SSSR count). The smallest absolute Gasteiger partial charge is 0.310 e. The SMILES string of the molecule is CC(C)=CC1C[C@@H]([C@@H]2CC=C3[C@@]4(C)[C@H](CC[C@]32C)[C@@]2(C)CCC(=O)C(C)(C)[C@@H]2C[C@@H]4O)C(=O)O1. The zero-order chi connectivity index (χ0) is 24.8. The molecule has 0 radical (unpaired) electrons. The van der Waals surface area contributed by atoms with E-state index < -0.39 is 6.10 Å². The molecular formula is C30H44O4. The number of esters is 1. The van der Waals surface area contributed by atoms with Crippen molar-refractivity contribution >= 4 is 11.8 Å². The fraction of sp³-hybridized carbons (Fsp3) is 0.800. The molecule has 3 saturated carbocycles. The normalized spacial score (nSPS) is 49.5. The minimum Gasteiger partial charge on any atom is -0.458 e. The number of Topliss-reactive ketones (excluding diaryl/α,β-unsaturated/α-hetero) is 1. The summed E-state index contributed by atoms with van der Waals surface area (Å²) >= 11 is 0. The highest BCUT2D eigenvalue weighted by atomic mass is 16.5. The van der Waals surface area contributed by atoms with Crippen LogP contribution in [0.5, 0.6) is 0 Å². The number of rotatable bonds is 2. The Kier molecular flexibility index (Phi) is 5.39. The lowest BCUT2D eigenvalue weighted by Gasteiger charge is -2.67. The first-order valence-electron chi connectivity index (χ1n) is 13.5. The predicted octanol–water partition coefficient (Wildman–Crippen LogP) is 6.03. The Balaban J connectivity index is 1.48. The van der Waals surface area contributed by atoms with Crippen LogP contribution in [0.15, 0.2) is 23.3 Å². The van der Waals surface area contributed by atoms with Crippen molar-refractivity contribution in [1.29, 1.82) is 0 Å². The van der Waals surface area contributed by atoms with E-state index in [4.69, 9.17) is 4.74 Å². The van der Waals surface area contributed by atoms with Gasteiger partial charge in [0.1, 0.15) is 11.9 Å². The second-order valence-corrected chi connectivity index (χ2v) is 13.8. The number of hydrogen-bond acceptors (Lipinski definition) is 4. The van der Waals surface area contributed by atoms with Gasteiger partial charge in [-0.3, -0.25) is 9.59 Å². The number of ether oxygens (including phenoxy) is 1. The van der Waals surface area contributed by atoms with E-state index in [9.17, 15) is 14.7 Å². The van der Waals surface area contributed by atoms with Crippen molar-refractivity contribution < 1.29 is 19.4 Å². The van der Waals surface area contributed by atoms with Crippen LogP contribution in [-0.4, -0.2) is 29.1 Å². The molecule has 4 fully saturated rings. The van der Waals surface area contributed by atoms with Gasteiger partial charge in [0.2, 0.25) is 0 Å². The third kappa shape index (κ3) is 3.06. The lowest BCUT2D eigenvalue weighted by atomic mass is 9.37. The van der Waals surface area contributed by atoms with Crippen LogP contribution >= 0.6 is 0 Å². The quantitative estimate of drug-likeness (QED) is 0.397. The van der Waals surface area contributed by atoms with E-state index >= 15 is 0 Å². The molecule has 188 valence electrons. The first-order chi connectivity index (χ1) is 15.8. The van der Waals surface area contributed by atoms with Gasteiger partial charge in [-0.1, -0.05) is 51.8 Å². The van der Waals surface area contributed by atoms with Crippen molar-refractivity contribution in [1.82, 2.24) is 0 Å². The molecule has 4 nitrogen and oxygen atoms in total. The van der Waals surface area contributed by atoms with E-state index in [1.54, 1.807) is 0 Å². The Hall–Kier alpha value is -1.42. The molecule has 0 aromatic rings. The van der Waals surface area contributed by atoms with E-state index in [0.717, 1.165) is 32.1 Å². The van der Waals surface area contributed by atoms with Gasteiger partial charge in [-0.05, 0) is 80.6 Å². The number of allylic oxidation sites excluding steroid dienone is 2. The topological polar surface area (TPSA) is 63.6 Å². The lowest BCUT2D eigenvalue weighted by molar-refractivity contribution is -0.191. The fourth-order valence-electron chi connectivity index (χ4n) is 9.84. The summed E-state index contributed by atoms with van der Waals surface area (Å²) < 4.78 is 5.77. The second-order valence-electron chi connectivity index (χ2n) is 13.8. The highest BCUT2D eigenvalue weighted by Crippen LogP contribution is 2.73. The highest BCUT2D eigenvalue weighted by Gasteiger charge is 2.68. The van der Waals surface area contributed by atoms with Gasteiger partial charge in [0, 0.05) is 23.7 Å². The zero-order valence-corrected chi connectivity index (χ0v) is 22.2. The molecule has 4 aliphatic carbocycles. The Bertz CT molecular complexity index is 970. The Morgan fingerprint density at radius 2 is 1.76 bits per heavy atom. The molecule has 1 aliphatic heterocycles. The summed E-state index contributed by atoms with van der Waals surface area (Å²) in [5.41, 5.74) is 1.86. The lowest BCUT2D eigenvalue weighted by Crippen LogP contribution is -2.64. The van der Waals surface area contributed by atoms with Crippen LogP contribution in [0.25, 0.3) is 0 Å². The van der Waals surface area contributed by atoms with Crippen LogP contribution in [0.1, 0.15) is 93.4 Å². The third-order valence-electron chi connectivity index (χ3n) is 11.6. The van der Waals surface area contributed by atoms with E-state index in [0.29, 0.717) is 24.5 Å². The van der Waals surface area contributed by atoms with Gasteiger partial charge in [0.25, 0.3) is 0 Å². The van der Waals surface area contributed by atoms with Gasteiger partial charge in [-0.25, -0.2) is 0 Å². The monoisotopic (exact) mass is 468 g/mol. The van der Waals surface area contributed by atoms with Crippen molar-refractivity contribution in [2.24, 2.45) is 45.3 Å². The molecule has 0 spiro atoms. The fourth-order valence-corrected chi connectivity index (χ4v) is 9.84. The minimum absolute atomic E-state index is 0.0422. The summed E-state index contributed by atoms with van der Waals surface area (Å²) in [5, 5.41) is 11.8. The summed E-state index contributed by atoms with van der Waals surface area (Å²) in [7, 11) is 0. The molecule has 34 heavy (non-hydrogen) atoms. The molecule has 0 aromatic heterocycles. The van der Waals surface area contributed by atoms with Crippen LogP contribution in [0, 0.1) is 45.3 Å². The maximum absolute atomic E-state index is 13.0. The molecule has 9 atom stereocenters. The van der Waals surface area contributed by atoms with Gasteiger partial charge < -0.3 is 9.84 Å². The van der Waals surface area contributed by atoms with E-state index in [1.165, 1.54) is 11.1 Å². The second kappa shape index (κ2) is 7.54. The average Bonchev–Trinajstić information content (AvgIpc) is 3.26. The van der Waals surface area contributed by atoms with Gasteiger partial charge in [0.05, 0.1) is 12.0 Å². The number of hydrogen-bond donors (Lipinski definition) is 1. The van der Waals surface area contributed by atoms with Crippen LogP contribution in [0.3, 0.4) is 0 Å². The third-order valence-corrected chi connectivity index (χ3v) is 11.6. The molecule has 1 N–H and O–H groups in total. The molecule has 1 unspecified atom stereocenters. The number of aliphatic hydroxyl groups is 1. The first-order valence-corrected chi connectivity index (χ1v) is 13.5. The Morgan fingerprint density at radius 3 is 2.44 bits per heavy atom. The molecule has 1 heterocycles. The maximum Gasteiger partial charge on any atom is 0.310 e. The van der Waals surface area contributed by atoms with Gasteiger partial charge in [-0.15, -0.1) is 0 Å². The van der Waals surface area contributed by atoms with Crippen LogP contribution in [-0.2, 0) is 14.3 Å². The molecule has 0 aromatic carbocycles. The van der Waals surface area contributed by atoms with E-state index in [1.807, 2.05) is 0 Å². The van der Waals surface area contributed by atoms with Crippen molar-refractivity contribution in [2.45, 2.75) is 106 Å². The van der Waals surface area contributed by atoms with Crippen molar-refractivity contribution in [3.63, 3.8) is 0 Å². The number of ketones is 1. The first kappa shape index (κ1) is 24.3. The largest absolute Gasteiger partial charge is 0.458 e. The maximum atomic E-state index is 13.0. The molecular weight excluding hydrogens is 424 g/mol. The minimum atomic E-state index is -0.459. The summed E-state index contributed by atoms with van der Waals surface area (Å²) in [5.74, 6) is 1.05. The molecule has 0 bridgehead atoms. The number of carbonyl (C=O) groups is 2. The van der Waals surface area contributed by atoms with Crippen LogP contribution in [0.4, 0.5) is 0 Å². The molecule has 0 amide bonds. The van der Waals surface area contributed by atoms with Gasteiger partial charge in [0.15, 0.2) is 0 Å². The highest BCUT2D eigenvalue weighted by molar-refractivity contribution is 5.85. The summed E-state index contributed by atoms with van der Waals surface area (Å²) in [6.45, 7) is 15.4. The van der Waals surface area contributed by atoms with E-state index in [-0.39, 0.29) is 51.5 Å². The number of aliphatic hydroxyl groups excluding tert-OH is 1. The summed E-state index contributed by atoms with van der Waals surface area (Å²) in [4.78, 5) is 25.8. The molecule has 1 saturated heterocycles. The van der Waals surface area contributed by atoms with Crippen molar-refractivity contribution in [3.05, 3.63) is 23.3 Å². The summed E-state index contributed by atoms with van der Waals surface area (Å²) in [6.07, 6.45) is 9.94. The average molecular weight is 469 g/mol. The molecule has 4 heteroatoms. The predicted molar refractivity (Wildman–Crippen MR) is 133 cm³/mol. The number of cyclic esters (lactones) is 1. The van der Waals surface area contributed by atoms with Crippen LogP contribution in [0.2, 0.25) is 0 Å². The van der Waals surface area contributed by atoms with Gasteiger partial charge >= 0.3 is 5.97 Å². The van der Waals surface area contributed by atoms with Gasteiger partial charge in [-0.2, -0.15) is 0 Å². The summed E-state index contributed by atoms with van der Waals surface area (Å²) in [6, 6.07) is 0. The van der Waals surface area contributed by atoms with Crippen molar-refractivity contribution in [3.8, 4) is 0 Å². The van der Waals surface area contributed by atoms with Crippen LogP contribution < -0.4 is 0 Å². The Labute approximate surface area is 205 Å². The zero-order valence-electron chi connectivity index (χ0n) is 22.2.